The van der Waals surface area contributed by atoms with Crippen LogP contribution in [0.4, 0.5) is 0 Å². The zero-order valence-corrected chi connectivity index (χ0v) is 8.96. The highest BCUT2D eigenvalue weighted by atomic mass is 35.5. The van der Waals surface area contributed by atoms with Crippen molar-refractivity contribution in [1.29, 1.82) is 5.26 Å². The summed E-state index contributed by atoms with van der Waals surface area (Å²) in [6.07, 6.45) is 0. The van der Waals surface area contributed by atoms with Crippen LogP contribution in [-0.4, -0.2) is 20.2 Å². The topological polar surface area (TPSA) is 59.3 Å². The minimum absolute atomic E-state index is 0.127. The predicted octanol–water partition coefficient (Wildman–Crippen LogP) is 2.01. The van der Waals surface area contributed by atoms with Gasteiger partial charge in [0.2, 0.25) is 0 Å². The molecule has 0 aliphatic carbocycles. The molecule has 0 spiro atoms. The first-order valence-corrected chi connectivity index (χ1v) is 4.38. The van der Waals surface area contributed by atoms with E-state index in [1.165, 1.54) is 26.4 Å². The molecule has 1 aromatic rings. The van der Waals surface area contributed by atoms with Crippen molar-refractivity contribution in [2.45, 2.75) is 0 Å². The third-order valence-electron chi connectivity index (χ3n) is 1.83. The summed E-state index contributed by atoms with van der Waals surface area (Å²) < 4.78 is 9.51. The van der Waals surface area contributed by atoms with Crippen LogP contribution in [0.5, 0.6) is 5.75 Å². The van der Waals surface area contributed by atoms with Crippen LogP contribution in [0.2, 0.25) is 5.02 Å². The molecule has 1 rings (SSSR count). The molecule has 0 radical (unpaired) electrons. The highest BCUT2D eigenvalue weighted by Crippen LogP contribution is 2.29. The summed E-state index contributed by atoms with van der Waals surface area (Å²) in [5, 5.41) is 9.08. The molecule has 0 amide bonds. The Balaban J connectivity index is 3.43. The van der Waals surface area contributed by atoms with Crippen LogP contribution in [0.25, 0.3) is 0 Å². The largest absolute Gasteiger partial charge is 0.494 e. The summed E-state index contributed by atoms with van der Waals surface area (Å²) in [4.78, 5) is 11.3. The summed E-state index contributed by atoms with van der Waals surface area (Å²) in [6, 6.07) is 4.77. The van der Waals surface area contributed by atoms with Crippen molar-refractivity contribution in [2.24, 2.45) is 0 Å². The highest BCUT2D eigenvalue weighted by molar-refractivity contribution is 6.32. The van der Waals surface area contributed by atoms with Gasteiger partial charge in [-0.2, -0.15) is 5.26 Å². The maximum Gasteiger partial charge on any atom is 0.341 e. The van der Waals surface area contributed by atoms with E-state index >= 15 is 0 Å². The summed E-state index contributed by atoms with van der Waals surface area (Å²) in [7, 11) is 2.61. The van der Waals surface area contributed by atoms with Gasteiger partial charge in [-0.3, -0.25) is 0 Å². The molecule has 0 heterocycles. The van der Waals surface area contributed by atoms with E-state index in [1.54, 1.807) is 0 Å². The number of carbonyl (C=O) groups is 1. The summed E-state index contributed by atoms with van der Waals surface area (Å²) >= 11 is 5.77. The Bertz CT molecular complexity index is 437. The third kappa shape index (κ3) is 2.03. The van der Waals surface area contributed by atoms with Crippen LogP contribution in [0.15, 0.2) is 12.1 Å². The van der Waals surface area contributed by atoms with Gasteiger partial charge in [0.15, 0.2) is 5.75 Å². The number of nitriles is 1. The fraction of sp³-hybridized carbons (Fsp3) is 0.200. The van der Waals surface area contributed by atoms with Crippen molar-refractivity contribution in [3.8, 4) is 11.8 Å². The maximum atomic E-state index is 11.3. The van der Waals surface area contributed by atoms with Gasteiger partial charge in [-0.1, -0.05) is 11.6 Å². The van der Waals surface area contributed by atoms with Crippen molar-refractivity contribution in [3.05, 3.63) is 28.3 Å². The Morgan fingerprint density at radius 1 is 1.47 bits per heavy atom. The van der Waals surface area contributed by atoms with Crippen molar-refractivity contribution < 1.29 is 14.3 Å². The summed E-state index contributed by atoms with van der Waals surface area (Å²) in [5.74, 6) is -0.433. The molecule has 0 aliphatic heterocycles. The smallest absolute Gasteiger partial charge is 0.341 e. The second kappa shape index (κ2) is 4.67. The molecule has 0 saturated carbocycles. The average Bonchev–Trinajstić information content (AvgIpc) is 2.27. The van der Waals surface area contributed by atoms with Gasteiger partial charge in [0, 0.05) is 0 Å². The standard InChI is InChI=1S/C10H8ClNO3/c1-14-9-6(10(13)15-2)3-4-8(11)7(9)5-12/h3-4H,1-2H3. The van der Waals surface area contributed by atoms with E-state index in [-0.39, 0.29) is 21.9 Å². The monoisotopic (exact) mass is 225 g/mol. The van der Waals surface area contributed by atoms with Crippen LogP contribution < -0.4 is 4.74 Å². The number of rotatable bonds is 2. The molecular weight excluding hydrogens is 218 g/mol. The number of nitrogens with zero attached hydrogens (tertiary/aromatic N) is 1. The van der Waals surface area contributed by atoms with Gasteiger partial charge in [-0.15, -0.1) is 0 Å². The van der Waals surface area contributed by atoms with E-state index in [0.717, 1.165) is 0 Å². The van der Waals surface area contributed by atoms with Crippen LogP contribution in [0, 0.1) is 11.3 Å². The van der Waals surface area contributed by atoms with Gasteiger partial charge in [-0.05, 0) is 12.1 Å². The number of hydrogen-bond acceptors (Lipinski definition) is 4. The normalized spacial score (nSPS) is 9.20. The van der Waals surface area contributed by atoms with Gasteiger partial charge in [0.1, 0.15) is 17.2 Å². The summed E-state index contributed by atoms with van der Waals surface area (Å²) in [6.45, 7) is 0. The third-order valence-corrected chi connectivity index (χ3v) is 2.14. The van der Waals surface area contributed by atoms with Crippen molar-refractivity contribution in [3.63, 3.8) is 0 Å². The Morgan fingerprint density at radius 2 is 2.13 bits per heavy atom. The van der Waals surface area contributed by atoms with Crippen molar-refractivity contribution in [1.82, 2.24) is 0 Å². The maximum absolute atomic E-state index is 11.3. The molecular formula is C10H8ClNO3. The number of halogens is 1. The predicted molar refractivity (Wildman–Crippen MR) is 54.1 cm³/mol. The lowest BCUT2D eigenvalue weighted by Crippen LogP contribution is -2.05. The highest BCUT2D eigenvalue weighted by Gasteiger charge is 2.18. The minimum Gasteiger partial charge on any atom is -0.494 e. The quantitative estimate of drug-likeness (QED) is 0.723. The fourth-order valence-corrected chi connectivity index (χ4v) is 1.34. The molecule has 0 aromatic heterocycles. The number of methoxy groups -OCH3 is 2. The second-order valence-electron chi connectivity index (χ2n) is 2.61. The summed E-state index contributed by atoms with van der Waals surface area (Å²) in [5.41, 5.74) is 0.308. The van der Waals surface area contributed by atoms with Gasteiger partial charge in [-0.25, -0.2) is 4.79 Å². The molecule has 0 bridgehead atoms. The lowest BCUT2D eigenvalue weighted by molar-refractivity contribution is 0.0597. The van der Waals surface area contributed by atoms with E-state index in [4.69, 9.17) is 21.6 Å². The number of esters is 1. The Labute approximate surface area is 92.0 Å². The van der Waals surface area contributed by atoms with E-state index < -0.39 is 5.97 Å². The van der Waals surface area contributed by atoms with Crippen molar-refractivity contribution >= 4 is 17.6 Å². The molecule has 0 N–H and O–H groups in total. The zero-order chi connectivity index (χ0) is 11.4. The van der Waals surface area contributed by atoms with Crippen molar-refractivity contribution in [2.75, 3.05) is 14.2 Å². The molecule has 15 heavy (non-hydrogen) atoms. The molecule has 0 aliphatic rings. The number of hydrogen-bond donors (Lipinski definition) is 0. The van der Waals surface area contributed by atoms with Crippen LogP contribution >= 0.6 is 11.6 Å². The lowest BCUT2D eigenvalue weighted by Gasteiger charge is -2.08. The van der Waals surface area contributed by atoms with Gasteiger partial charge >= 0.3 is 5.97 Å². The SMILES string of the molecule is COC(=O)c1ccc(Cl)c(C#N)c1OC. The van der Waals surface area contributed by atoms with Gasteiger partial charge < -0.3 is 9.47 Å². The molecule has 0 atom stereocenters. The molecule has 0 fully saturated rings. The van der Waals surface area contributed by atoms with E-state index in [2.05, 4.69) is 4.74 Å². The second-order valence-corrected chi connectivity index (χ2v) is 3.01. The zero-order valence-electron chi connectivity index (χ0n) is 8.20. The van der Waals surface area contributed by atoms with E-state index in [0.29, 0.717) is 0 Å². The fourth-order valence-electron chi connectivity index (χ4n) is 1.15. The van der Waals surface area contributed by atoms with Gasteiger partial charge in [0.25, 0.3) is 0 Å². The molecule has 5 heteroatoms. The molecule has 0 saturated heterocycles. The number of ether oxygens (including phenoxy) is 2. The van der Waals surface area contributed by atoms with Crippen LogP contribution in [0.3, 0.4) is 0 Å². The number of benzene rings is 1. The van der Waals surface area contributed by atoms with Crippen LogP contribution in [-0.2, 0) is 4.74 Å². The molecule has 0 unspecified atom stereocenters. The Kier molecular flexibility index (Phi) is 3.53. The van der Waals surface area contributed by atoms with Gasteiger partial charge in [0.05, 0.1) is 19.2 Å². The molecule has 1 aromatic carbocycles. The average molecular weight is 226 g/mol. The first-order chi connectivity index (χ1) is 7.15. The molecule has 78 valence electrons. The van der Waals surface area contributed by atoms with E-state index in [9.17, 15) is 4.79 Å². The first kappa shape index (κ1) is 11.3. The first-order valence-electron chi connectivity index (χ1n) is 4.00. The van der Waals surface area contributed by atoms with E-state index in [1.807, 2.05) is 6.07 Å². The lowest BCUT2D eigenvalue weighted by atomic mass is 10.1. The Hall–Kier alpha value is -1.73. The number of carbonyl (C=O) groups excluding carboxylic acids is 1. The Morgan fingerprint density at radius 3 is 2.60 bits per heavy atom. The minimum atomic E-state index is -0.569. The van der Waals surface area contributed by atoms with Crippen LogP contribution in [0.1, 0.15) is 15.9 Å². The molecule has 4 nitrogen and oxygen atoms in total.